The minimum atomic E-state index is -3.67. The first-order valence-electron chi connectivity index (χ1n) is 9.39. The summed E-state index contributed by atoms with van der Waals surface area (Å²) in [5.41, 5.74) is 2.22. The Bertz CT molecular complexity index is 959. The average molecular weight is 389 g/mol. The average Bonchev–Trinajstić information content (AvgIpc) is 2.85. The van der Waals surface area contributed by atoms with E-state index in [1.54, 1.807) is 6.07 Å². The highest BCUT2D eigenvalue weighted by Crippen LogP contribution is 2.48. The van der Waals surface area contributed by atoms with Crippen molar-refractivity contribution in [2.45, 2.75) is 35.6 Å². The lowest BCUT2D eigenvalue weighted by Gasteiger charge is -2.32. The number of likely N-dealkylation sites (N-methyl/N-ethyl adjacent to an activating group) is 1. The number of benzene rings is 2. The van der Waals surface area contributed by atoms with E-state index in [4.69, 9.17) is 0 Å². The van der Waals surface area contributed by atoms with Crippen LogP contribution >= 0.6 is 0 Å². The van der Waals surface area contributed by atoms with E-state index in [-0.39, 0.29) is 9.79 Å². The van der Waals surface area contributed by atoms with Gasteiger partial charge in [-0.3, -0.25) is 0 Å². The standard InChI is InChI=1S/C21H25FN2O2S/c1-13-11-23-12-14(2)21-20(13)18-10-17(8-9-19(18)24(21)3)27(25,26)16-6-4-15(22)5-7-16/h4-10,13-14,20-21,23H,11-12H2,1-3H3/t13?,14?,20-,21-/m1/s1. The topological polar surface area (TPSA) is 49.4 Å². The van der Waals surface area contributed by atoms with Gasteiger partial charge in [-0.25, -0.2) is 12.8 Å². The van der Waals surface area contributed by atoms with Crippen molar-refractivity contribution in [2.75, 3.05) is 25.0 Å². The third-order valence-corrected chi connectivity index (χ3v) is 7.88. The fraction of sp³-hybridized carbons (Fsp3) is 0.429. The maximum atomic E-state index is 13.2. The molecule has 6 heteroatoms. The van der Waals surface area contributed by atoms with Gasteiger partial charge in [0.25, 0.3) is 0 Å². The Labute approximate surface area is 160 Å². The predicted molar refractivity (Wildman–Crippen MR) is 104 cm³/mol. The summed E-state index contributed by atoms with van der Waals surface area (Å²) < 4.78 is 39.3. The lowest BCUT2D eigenvalue weighted by atomic mass is 9.80. The van der Waals surface area contributed by atoms with Crippen molar-refractivity contribution >= 4 is 15.5 Å². The molecule has 144 valence electrons. The molecule has 0 spiro atoms. The lowest BCUT2D eigenvalue weighted by molar-refractivity contribution is 0.374. The van der Waals surface area contributed by atoms with Crippen molar-refractivity contribution in [1.82, 2.24) is 5.32 Å². The van der Waals surface area contributed by atoms with Crippen LogP contribution in [0.5, 0.6) is 0 Å². The Kier molecular flexibility index (Phi) is 4.51. The van der Waals surface area contributed by atoms with E-state index in [1.807, 2.05) is 12.1 Å². The highest BCUT2D eigenvalue weighted by molar-refractivity contribution is 7.91. The molecule has 2 heterocycles. The summed E-state index contributed by atoms with van der Waals surface area (Å²) >= 11 is 0. The molecule has 1 saturated heterocycles. The number of halogens is 1. The Hall–Kier alpha value is -1.92. The summed E-state index contributed by atoms with van der Waals surface area (Å²) in [6.07, 6.45) is 0. The van der Waals surface area contributed by atoms with E-state index in [1.165, 1.54) is 24.3 Å². The summed E-state index contributed by atoms with van der Waals surface area (Å²) in [6.45, 7) is 6.37. The molecule has 0 amide bonds. The van der Waals surface area contributed by atoms with Crippen LogP contribution in [0.25, 0.3) is 0 Å². The fourth-order valence-electron chi connectivity index (χ4n) is 4.79. The number of hydrogen-bond acceptors (Lipinski definition) is 4. The minimum Gasteiger partial charge on any atom is -0.370 e. The van der Waals surface area contributed by atoms with Crippen molar-refractivity contribution in [3.8, 4) is 0 Å². The van der Waals surface area contributed by atoms with Crippen LogP contribution in [0.1, 0.15) is 25.3 Å². The molecule has 2 aliphatic heterocycles. The van der Waals surface area contributed by atoms with Gasteiger partial charge in [-0.05, 0) is 73.0 Å². The zero-order valence-electron chi connectivity index (χ0n) is 15.8. The number of nitrogens with one attached hydrogen (secondary N) is 1. The van der Waals surface area contributed by atoms with Crippen LogP contribution in [0.2, 0.25) is 0 Å². The number of rotatable bonds is 2. The molecule has 2 aromatic rings. The van der Waals surface area contributed by atoms with E-state index in [0.717, 1.165) is 24.3 Å². The summed E-state index contributed by atoms with van der Waals surface area (Å²) in [5, 5.41) is 3.52. The van der Waals surface area contributed by atoms with Gasteiger partial charge in [0, 0.05) is 24.7 Å². The minimum absolute atomic E-state index is 0.121. The molecule has 2 unspecified atom stereocenters. The van der Waals surface area contributed by atoms with Crippen LogP contribution in [0.4, 0.5) is 10.1 Å². The number of hydrogen-bond donors (Lipinski definition) is 1. The van der Waals surface area contributed by atoms with E-state index in [2.05, 4.69) is 31.1 Å². The molecule has 0 aliphatic carbocycles. The van der Waals surface area contributed by atoms with Crippen molar-refractivity contribution in [3.05, 3.63) is 53.8 Å². The van der Waals surface area contributed by atoms with Crippen molar-refractivity contribution in [3.63, 3.8) is 0 Å². The Morgan fingerprint density at radius 3 is 2.33 bits per heavy atom. The van der Waals surface area contributed by atoms with Gasteiger partial charge in [-0.1, -0.05) is 13.8 Å². The predicted octanol–water partition coefficient (Wildman–Crippen LogP) is 3.44. The number of fused-ring (bicyclic) bond motifs is 3. The molecular weight excluding hydrogens is 363 g/mol. The number of sulfone groups is 1. The molecule has 0 radical (unpaired) electrons. The lowest BCUT2D eigenvalue weighted by Crippen LogP contribution is -2.39. The van der Waals surface area contributed by atoms with Gasteiger partial charge >= 0.3 is 0 Å². The molecule has 2 aliphatic rings. The largest absolute Gasteiger partial charge is 0.370 e. The Morgan fingerprint density at radius 1 is 1.00 bits per heavy atom. The van der Waals surface area contributed by atoms with Crippen LogP contribution in [0.15, 0.2) is 52.3 Å². The smallest absolute Gasteiger partial charge is 0.206 e. The molecular formula is C21H25FN2O2S. The van der Waals surface area contributed by atoms with Crippen LogP contribution in [-0.4, -0.2) is 34.6 Å². The first-order valence-corrected chi connectivity index (χ1v) is 10.9. The highest BCUT2D eigenvalue weighted by Gasteiger charge is 2.44. The molecule has 4 nitrogen and oxygen atoms in total. The molecule has 0 aromatic heterocycles. The first kappa shape index (κ1) is 18.4. The monoisotopic (exact) mass is 388 g/mol. The summed E-state index contributed by atoms with van der Waals surface area (Å²) in [4.78, 5) is 2.71. The molecule has 1 fully saturated rings. The van der Waals surface area contributed by atoms with Crippen LogP contribution in [0.3, 0.4) is 0 Å². The van der Waals surface area contributed by atoms with Crippen molar-refractivity contribution in [1.29, 1.82) is 0 Å². The third-order valence-electron chi connectivity index (χ3n) is 6.12. The number of anilines is 1. The van der Waals surface area contributed by atoms with Crippen LogP contribution in [-0.2, 0) is 9.84 Å². The molecule has 0 saturated carbocycles. The van der Waals surface area contributed by atoms with Crippen LogP contribution in [0, 0.1) is 17.7 Å². The third kappa shape index (κ3) is 2.95. The first-order chi connectivity index (χ1) is 12.8. The van der Waals surface area contributed by atoms with E-state index in [0.29, 0.717) is 23.8 Å². The summed E-state index contributed by atoms with van der Waals surface area (Å²) in [5.74, 6) is 0.724. The highest BCUT2D eigenvalue weighted by atomic mass is 32.2. The second-order valence-corrected chi connectivity index (χ2v) is 9.87. The molecule has 27 heavy (non-hydrogen) atoms. The van der Waals surface area contributed by atoms with E-state index < -0.39 is 15.7 Å². The Morgan fingerprint density at radius 2 is 1.63 bits per heavy atom. The number of nitrogens with zero attached hydrogens (tertiary/aromatic N) is 1. The van der Waals surface area contributed by atoms with Crippen molar-refractivity contribution < 1.29 is 12.8 Å². The zero-order valence-corrected chi connectivity index (χ0v) is 16.6. The van der Waals surface area contributed by atoms with E-state index >= 15 is 0 Å². The SMILES string of the molecule is CC1CNCC(C)[C@@H]2c3cc(S(=O)(=O)c4ccc(F)cc4)ccc3N(C)[C@H]12. The van der Waals surface area contributed by atoms with E-state index in [9.17, 15) is 12.8 Å². The fourth-order valence-corrected chi connectivity index (χ4v) is 6.08. The van der Waals surface area contributed by atoms with Gasteiger partial charge in [-0.15, -0.1) is 0 Å². The van der Waals surface area contributed by atoms with Gasteiger partial charge in [-0.2, -0.15) is 0 Å². The van der Waals surface area contributed by atoms with Crippen molar-refractivity contribution in [2.24, 2.45) is 11.8 Å². The molecule has 1 N–H and O–H groups in total. The quantitative estimate of drug-likeness (QED) is 0.801. The van der Waals surface area contributed by atoms with Gasteiger partial charge in [0.1, 0.15) is 5.82 Å². The summed E-state index contributed by atoms with van der Waals surface area (Å²) in [6, 6.07) is 10.8. The summed E-state index contributed by atoms with van der Waals surface area (Å²) in [7, 11) is -1.57. The molecule has 0 bridgehead atoms. The normalized spacial score (nSPS) is 27.8. The molecule has 2 aromatic carbocycles. The molecule has 4 rings (SSSR count). The second-order valence-electron chi connectivity index (χ2n) is 7.92. The second kappa shape index (κ2) is 6.60. The molecule has 4 atom stereocenters. The van der Waals surface area contributed by atoms with Gasteiger partial charge < -0.3 is 10.2 Å². The van der Waals surface area contributed by atoms with Gasteiger partial charge in [0.2, 0.25) is 9.84 Å². The maximum absolute atomic E-state index is 13.2. The van der Waals surface area contributed by atoms with Gasteiger partial charge in [0.15, 0.2) is 0 Å². The maximum Gasteiger partial charge on any atom is 0.206 e. The van der Waals surface area contributed by atoms with Crippen LogP contribution < -0.4 is 10.2 Å². The Balaban J connectivity index is 1.80. The zero-order chi connectivity index (χ0) is 19.3. The van der Waals surface area contributed by atoms with Gasteiger partial charge in [0.05, 0.1) is 9.79 Å².